The second kappa shape index (κ2) is 9.32. The number of hydrogen-bond acceptors (Lipinski definition) is 6. The average molecular weight is 468 g/mol. The lowest BCUT2D eigenvalue weighted by Gasteiger charge is -2.15. The summed E-state index contributed by atoms with van der Waals surface area (Å²) < 4.78 is 21.1. The molecule has 2 N–H and O–H groups in total. The maximum absolute atomic E-state index is 13.4. The number of anilines is 2. The van der Waals surface area contributed by atoms with Crippen molar-refractivity contribution in [1.29, 1.82) is 0 Å². The van der Waals surface area contributed by atoms with Crippen molar-refractivity contribution in [3.63, 3.8) is 0 Å². The summed E-state index contributed by atoms with van der Waals surface area (Å²) in [6.07, 6.45) is 2.36. The van der Waals surface area contributed by atoms with Gasteiger partial charge >= 0.3 is 0 Å². The monoisotopic (exact) mass is 467 g/mol. The zero-order valence-electron chi connectivity index (χ0n) is 17.7. The van der Waals surface area contributed by atoms with E-state index in [0.29, 0.717) is 29.6 Å². The minimum absolute atomic E-state index is 0.0495. The minimum Gasteiger partial charge on any atom is -0.376 e. The van der Waals surface area contributed by atoms with Crippen LogP contribution in [-0.2, 0) is 27.3 Å². The summed E-state index contributed by atoms with van der Waals surface area (Å²) in [5, 5.41) is 14.8. The van der Waals surface area contributed by atoms with E-state index >= 15 is 0 Å². The predicted molar refractivity (Wildman–Crippen MR) is 123 cm³/mol. The second-order valence-corrected chi connectivity index (χ2v) is 8.93. The fraction of sp³-hybridized carbons (Fsp3) is 0.304. The predicted octanol–water partition coefficient (Wildman–Crippen LogP) is 3.49. The van der Waals surface area contributed by atoms with Crippen LogP contribution in [0, 0.1) is 5.82 Å². The third kappa shape index (κ3) is 4.91. The van der Waals surface area contributed by atoms with E-state index in [9.17, 15) is 14.0 Å². The Bertz CT molecular complexity index is 1190. The van der Waals surface area contributed by atoms with E-state index in [1.165, 1.54) is 23.9 Å². The molecule has 3 heterocycles. The molecule has 3 aromatic rings. The Balaban J connectivity index is 1.29. The van der Waals surface area contributed by atoms with Crippen LogP contribution < -0.4 is 10.6 Å². The van der Waals surface area contributed by atoms with E-state index in [4.69, 9.17) is 4.74 Å². The molecule has 1 atom stereocenters. The normalized spacial score (nSPS) is 17.1. The number of hydrogen-bond donors (Lipinski definition) is 2. The number of thioether (sulfide) groups is 1. The first-order valence-corrected chi connectivity index (χ1v) is 11.7. The van der Waals surface area contributed by atoms with Crippen LogP contribution in [0.15, 0.2) is 47.6 Å². The summed E-state index contributed by atoms with van der Waals surface area (Å²) >= 11 is 1.28. The Kier molecular flexibility index (Phi) is 6.10. The van der Waals surface area contributed by atoms with Gasteiger partial charge in [0.05, 0.1) is 24.8 Å². The van der Waals surface area contributed by atoms with Gasteiger partial charge in [0.2, 0.25) is 11.8 Å². The Morgan fingerprint density at radius 1 is 1.24 bits per heavy atom. The lowest BCUT2D eigenvalue weighted by atomic mass is 10.1. The van der Waals surface area contributed by atoms with Gasteiger partial charge in [-0.15, -0.1) is 10.2 Å². The third-order valence-corrected chi connectivity index (χ3v) is 6.55. The third-order valence-electron chi connectivity index (χ3n) is 5.58. The Morgan fingerprint density at radius 3 is 2.88 bits per heavy atom. The molecule has 1 saturated heterocycles. The molecule has 2 aliphatic heterocycles. The van der Waals surface area contributed by atoms with E-state index in [1.807, 2.05) is 10.6 Å². The minimum atomic E-state index is -0.318. The number of ether oxygens (including phenoxy) is 1. The molecule has 0 radical (unpaired) electrons. The molecule has 170 valence electrons. The van der Waals surface area contributed by atoms with E-state index in [2.05, 4.69) is 20.8 Å². The van der Waals surface area contributed by atoms with Crippen LogP contribution in [0.1, 0.15) is 18.4 Å². The highest BCUT2D eigenvalue weighted by Gasteiger charge is 2.23. The lowest BCUT2D eigenvalue weighted by Crippen LogP contribution is -2.18. The highest BCUT2D eigenvalue weighted by Crippen LogP contribution is 2.28. The summed E-state index contributed by atoms with van der Waals surface area (Å²) in [4.78, 5) is 24.1. The van der Waals surface area contributed by atoms with E-state index in [1.54, 1.807) is 24.3 Å². The van der Waals surface area contributed by atoms with E-state index < -0.39 is 0 Å². The summed E-state index contributed by atoms with van der Waals surface area (Å²) in [7, 11) is 0. The number of fused-ring (bicyclic) bond motifs is 1. The molecule has 8 nitrogen and oxygen atoms in total. The Labute approximate surface area is 193 Å². The van der Waals surface area contributed by atoms with Gasteiger partial charge in [-0.2, -0.15) is 0 Å². The smallest absolute Gasteiger partial charge is 0.234 e. The Morgan fingerprint density at radius 2 is 2.09 bits per heavy atom. The summed E-state index contributed by atoms with van der Waals surface area (Å²) in [5.41, 5.74) is 3.02. The van der Waals surface area contributed by atoms with Crippen LogP contribution >= 0.6 is 11.8 Å². The SMILES string of the molecule is O=C(CSc1nnc(-c2ccc(F)cc2)n1CC1CCCO1)Nc1ccc2c(c1)NC(=O)C2. The van der Waals surface area contributed by atoms with E-state index in [0.717, 1.165) is 36.3 Å². The number of carbonyl (C=O) groups is 2. The van der Waals surface area contributed by atoms with Gasteiger partial charge in [0.15, 0.2) is 11.0 Å². The molecular weight excluding hydrogens is 445 g/mol. The zero-order valence-corrected chi connectivity index (χ0v) is 18.5. The quantitative estimate of drug-likeness (QED) is 0.516. The second-order valence-electron chi connectivity index (χ2n) is 7.99. The first kappa shape index (κ1) is 21.6. The molecule has 1 fully saturated rings. The number of nitrogens with one attached hydrogen (secondary N) is 2. The molecule has 1 aromatic heterocycles. The van der Waals surface area contributed by atoms with Gasteiger partial charge in [0.1, 0.15) is 5.82 Å². The van der Waals surface area contributed by atoms with Crippen molar-refractivity contribution >= 4 is 35.0 Å². The molecule has 1 unspecified atom stereocenters. The molecule has 2 aromatic carbocycles. The van der Waals surface area contributed by atoms with Crippen LogP contribution in [0.25, 0.3) is 11.4 Å². The maximum atomic E-state index is 13.4. The number of rotatable bonds is 7. The highest BCUT2D eigenvalue weighted by molar-refractivity contribution is 7.99. The van der Waals surface area contributed by atoms with Gasteiger partial charge in [-0.25, -0.2) is 4.39 Å². The number of amides is 2. The van der Waals surface area contributed by atoms with Gasteiger partial charge in [0.25, 0.3) is 0 Å². The molecule has 0 spiro atoms. The average Bonchev–Trinajstić information content (AvgIpc) is 3.53. The first-order chi connectivity index (χ1) is 16.0. The molecule has 0 saturated carbocycles. The van der Waals surface area contributed by atoms with Gasteiger partial charge in [-0.1, -0.05) is 17.8 Å². The van der Waals surface area contributed by atoms with Crippen molar-refractivity contribution in [1.82, 2.24) is 14.8 Å². The zero-order chi connectivity index (χ0) is 22.8. The summed E-state index contributed by atoms with van der Waals surface area (Å²) in [6, 6.07) is 11.5. The van der Waals surface area contributed by atoms with Crippen molar-refractivity contribution in [3.8, 4) is 11.4 Å². The van der Waals surface area contributed by atoms with Gasteiger partial charge in [-0.3, -0.25) is 14.2 Å². The van der Waals surface area contributed by atoms with Crippen LogP contribution in [0.3, 0.4) is 0 Å². The number of carbonyl (C=O) groups excluding carboxylic acids is 2. The molecule has 2 amide bonds. The van der Waals surface area contributed by atoms with Crippen molar-refractivity contribution in [2.24, 2.45) is 0 Å². The summed E-state index contributed by atoms with van der Waals surface area (Å²) in [5.74, 6) is 0.186. The van der Waals surface area contributed by atoms with Crippen LogP contribution in [0.4, 0.5) is 15.8 Å². The molecular formula is C23H22FN5O3S. The Hall–Kier alpha value is -3.24. The summed E-state index contributed by atoms with van der Waals surface area (Å²) in [6.45, 7) is 1.29. The van der Waals surface area contributed by atoms with Crippen LogP contribution in [-0.4, -0.2) is 45.0 Å². The molecule has 0 bridgehead atoms. The number of halogens is 1. The highest BCUT2D eigenvalue weighted by atomic mass is 32.2. The van der Waals surface area contributed by atoms with Crippen LogP contribution in [0.5, 0.6) is 0 Å². The van der Waals surface area contributed by atoms with Gasteiger partial charge in [0, 0.05) is 23.5 Å². The fourth-order valence-corrected chi connectivity index (χ4v) is 4.73. The number of benzene rings is 2. The number of aromatic nitrogens is 3. The molecule has 5 rings (SSSR count). The van der Waals surface area contributed by atoms with Gasteiger partial charge in [-0.05, 0) is 54.8 Å². The van der Waals surface area contributed by atoms with Crippen molar-refractivity contribution in [2.75, 3.05) is 23.0 Å². The molecule has 33 heavy (non-hydrogen) atoms. The standard InChI is InChI=1S/C23H22FN5O3S/c24-16-6-3-14(4-7-16)22-27-28-23(29(22)12-18-2-1-9-32-18)33-13-21(31)25-17-8-5-15-10-20(30)26-19(15)11-17/h3-8,11,18H,1-2,9-10,12-13H2,(H,25,31)(H,26,30). The van der Waals surface area contributed by atoms with Crippen molar-refractivity contribution in [2.45, 2.75) is 37.1 Å². The topological polar surface area (TPSA) is 98.1 Å². The fourth-order valence-electron chi connectivity index (χ4n) is 3.98. The van der Waals surface area contributed by atoms with Gasteiger partial charge < -0.3 is 15.4 Å². The largest absolute Gasteiger partial charge is 0.376 e. The molecule has 10 heteroatoms. The van der Waals surface area contributed by atoms with E-state index in [-0.39, 0.29) is 29.5 Å². The molecule has 2 aliphatic rings. The molecule has 0 aliphatic carbocycles. The first-order valence-electron chi connectivity index (χ1n) is 10.7. The van der Waals surface area contributed by atoms with Crippen molar-refractivity contribution < 1.29 is 18.7 Å². The van der Waals surface area contributed by atoms with Crippen LogP contribution in [0.2, 0.25) is 0 Å². The van der Waals surface area contributed by atoms with Crippen molar-refractivity contribution in [3.05, 3.63) is 53.8 Å². The maximum Gasteiger partial charge on any atom is 0.234 e. The number of nitrogens with zero attached hydrogens (tertiary/aromatic N) is 3. The lowest BCUT2D eigenvalue weighted by molar-refractivity contribution is -0.115.